The van der Waals surface area contributed by atoms with Crippen LogP contribution in [0.3, 0.4) is 0 Å². The van der Waals surface area contributed by atoms with Gasteiger partial charge in [0, 0.05) is 18.2 Å². The van der Waals surface area contributed by atoms with E-state index in [2.05, 4.69) is 5.32 Å². The lowest BCUT2D eigenvalue weighted by atomic mass is 10.1. The molecule has 1 aromatic heterocycles. The van der Waals surface area contributed by atoms with Crippen molar-refractivity contribution in [3.05, 3.63) is 22.4 Å². The van der Waals surface area contributed by atoms with E-state index in [0.29, 0.717) is 6.42 Å². The summed E-state index contributed by atoms with van der Waals surface area (Å²) in [5.74, 6) is -0.171. The highest BCUT2D eigenvalue weighted by Gasteiger charge is 2.15. The topological polar surface area (TPSA) is 46.2 Å². The van der Waals surface area contributed by atoms with Gasteiger partial charge in [-0.3, -0.25) is 9.59 Å². The first kappa shape index (κ1) is 10.9. The Hall–Kier alpha value is -1.16. The van der Waals surface area contributed by atoms with Crippen LogP contribution in [-0.2, 0) is 16.0 Å². The summed E-state index contributed by atoms with van der Waals surface area (Å²) in [5.41, 5.74) is 0. The molecule has 0 fully saturated rings. The van der Waals surface area contributed by atoms with Crippen molar-refractivity contribution in [2.45, 2.75) is 26.3 Å². The third-order valence-electron chi connectivity index (χ3n) is 1.85. The number of rotatable bonds is 4. The highest BCUT2D eigenvalue weighted by molar-refractivity contribution is 7.09. The molecule has 0 radical (unpaired) electrons. The van der Waals surface area contributed by atoms with Crippen molar-refractivity contribution in [2.75, 3.05) is 0 Å². The van der Waals surface area contributed by atoms with E-state index in [1.54, 1.807) is 11.3 Å². The van der Waals surface area contributed by atoms with Crippen LogP contribution in [0.15, 0.2) is 17.5 Å². The minimum atomic E-state index is -0.383. The smallest absolute Gasteiger partial charge is 0.217 e. The molecule has 0 aliphatic heterocycles. The number of ketones is 1. The second-order valence-electron chi connectivity index (χ2n) is 3.15. The van der Waals surface area contributed by atoms with Crippen LogP contribution in [0.2, 0.25) is 0 Å². The lowest BCUT2D eigenvalue weighted by Crippen LogP contribution is -2.39. The SMILES string of the molecule is CC(=O)NC(Cc1cccs1)C(C)=O. The molecular formula is C10H13NO2S. The molecule has 1 rings (SSSR count). The minimum Gasteiger partial charge on any atom is -0.346 e. The maximum absolute atomic E-state index is 11.2. The number of amides is 1. The summed E-state index contributed by atoms with van der Waals surface area (Å²) in [4.78, 5) is 23.1. The zero-order valence-corrected chi connectivity index (χ0v) is 9.06. The predicted molar refractivity (Wildman–Crippen MR) is 56.3 cm³/mol. The van der Waals surface area contributed by atoms with Crippen LogP contribution < -0.4 is 5.32 Å². The van der Waals surface area contributed by atoms with Gasteiger partial charge in [-0.2, -0.15) is 0 Å². The molecule has 3 nitrogen and oxygen atoms in total. The van der Waals surface area contributed by atoms with Crippen LogP contribution >= 0.6 is 11.3 Å². The summed E-state index contributed by atoms with van der Waals surface area (Å²) in [6.45, 7) is 2.92. The van der Waals surface area contributed by atoms with Crippen molar-refractivity contribution < 1.29 is 9.59 Å². The molecule has 76 valence electrons. The van der Waals surface area contributed by atoms with Gasteiger partial charge >= 0.3 is 0 Å². The summed E-state index contributed by atoms with van der Waals surface area (Å²) in [7, 11) is 0. The van der Waals surface area contributed by atoms with Crippen molar-refractivity contribution >= 4 is 23.0 Å². The van der Waals surface area contributed by atoms with Crippen LogP contribution in [0.5, 0.6) is 0 Å². The van der Waals surface area contributed by atoms with Gasteiger partial charge < -0.3 is 5.32 Å². The van der Waals surface area contributed by atoms with Gasteiger partial charge in [0.2, 0.25) is 5.91 Å². The summed E-state index contributed by atoms with van der Waals surface area (Å²) in [6.07, 6.45) is 0.590. The molecule has 0 aliphatic carbocycles. The Bertz CT molecular complexity index is 319. The number of Topliss-reactive ketones (excluding diaryl/α,β-unsaturated/α-hetero) is 1. The molecule has 1 heterocycles. The third kappa shape index (κ3) is 3.30. The number of carbonyl (C=O) groups is 2. The van der Waals surface area contributed by atoms with E-state index in [1.807, 2.05) is 17.5 Å². The average molecular weight is 211 g/mol. The second kappa shape index (κ2) is 4.91. The zero-order valence-electron chi connectivity index (χ0n) is 8.24. The van der Waals surface area contributed by atoms with Gasteiger partial charge in [-0.15, -0.1) is 11.3 Å². The van der Waals surface area contributed by atoms with E-state index in [9.17, 15) is 9.59 Å². The molecule has 0 bridgehead atoms. The fraction of sp³-hybridized carbons (Fsp3) is 0.400. The molecule has 1 amide bonds. The Morgan fingerprint density at radius 3 is 2.64 bits per heavy atom. The largest absolute Gasteiger partial charge is 0.346 e. The first-order chi connectivity index (χ1) is 6.59. The molecule has 14 heavy (non-hydrogen) atoms. The normalized spacial score (nSPS) is 12.1. The molecule has 0 aliphatic rings. The quantitative estimate of drug-likeness (QED) is 0.818. The zero-order chi connectivity index (χ0) is 10.6. The number of nitrogens with one attached hydrogen (secondary N) is 1. The summed E-state index contributed by atoms with van der Waals surface area (Å²) >= 11 is 1.59. The van der Waals surface area contributed by atoms with E-state index in [0.717, 1.165) is 4.88 Å². The number of thiophene rings is 1. The number of hydrogen-bond acceptors (Lipinski definition) is 3. The van der Waals surface area contributed by atoms with Crippen LogP contribution in [0, 0.1) is 0 Å². The monoisotopic (exact) mass is 211 g/mol. The molecule has 0 saturated carbocycles. The lowest BCUT2D eigenvalue weighted by molar-refractivity contribution is -0.125. The molecule has 1 unspecified atom stereocenters. The Kier molecular flexibility index (Phi) is 3.83. The fourth-order valence-electron chi connectivity index (χ4n) is 1.17. The molecule has 1 atom stereocenters. The van der Waals surface area contributed by atoms with Crippen LogP contribution in [-0.4, -0.2) is 17.7 Å². The fourth-order valence-corrected chi connectivity index (χ4v) is 1.92. The van der Waals surface area contributed by atoms with Crippen molar-refractivity contribution in [1.82, 2.24) is 5.32 Å². The summed E-state index contributed by atoms with van der Waals surface area (Å²) < 4.78 is 0. The van der Waals surface area contributed by atoms with Crippen molar-refractivity contribution in [3.8, 4) is 0 Å². The molecule has 0 spiro atoms. The van der Waals surface area contributed by atoms with Gasteiger partial charge in [0.15, 0.2) is 5.78 Å². The number of hydrogen-bond donors (Lipinski definition) is 1. The van der Waals surface area contributed by atoms with E-state index in [1.165, 1.54) is 13.8 Å². The molecule has 0 saturated heterocycles. The van der Waals surface area contributed by atoms with Gasteiger partial charge in [0.1, 0.15) is 0 Å². The average Bonchev–Trinajstić information content (AvgIpc) is 2.54. The maximum atomic E-state index is 11.2. The molecule has 0 aromatic carbocycles. The highest BCUT2D eigenvalue weighted by Crippen LogP contribution is 2.11. The molecule has 4 heteroatoms. The van der Waals surface area contributed by atoms with E-state index >= 15 is 0 Å². The van der Waals surface area contributed by atoms with Crippen molar-refractivity contribution in [3.63, 3.8) is 0 Å². The molecule has 1 aromatic rings. The lowest BCUT2D eigenvalue weighted by Gasteiger charge is -2.13. The van der Waals surface area contributed by atoms with Crippen LogP contribution in [0.1, 0.15) is 18.7 Å². The van der Waals surface area contributed by atoms with E-state index in [4.69, 9.17) is 0 Å². The highest BCUT2D eigenvalue weighted by atomic mass is 32.1. The van der Waals surface area contributed by atoms with Gasteiger partial charge in [-0.25, -0.2) is 0 Å². The second-order valence-corrected chi connectivity index (χ2v) is 4.18. The Balaban J connectivity index is 2.60. The van der Waals surface area contributed by atoms with E-state index in [-0.39, 0.29) is 17.7 Å². The van der Waals surface area contributed by atoms with E-state index < -0.39 is 0 Å². The van der Waals surface area contributed by atoms with Gasteiger partial charge in [-0.1, -0.05) is 6.07 Å². The van der Waals surface area contributed by atoms with Crippen LogP contribution in [0.25, 0.3) is 0 Å². The van der Waals surface area contributed by atoms with Crippen molar-refractivity contribution in [1.29, 1.82) is 0 Å². The predicted octanol–water partition coefficient (Wildman–Crippen LogP) is 1.38. The standard InChI is InChI=1S/C10H13NO2S/c1-7(12)10(11-8(2)13)6-9-4-3-5-14-9/h3-5,10H,6H2,1-2H3,(H,11,13). The Labute approximate surface area is 87.1 Å². The minimum absolute atomic E-state index is 0.00593. The molecular weight excluding hydrogens is 198 g/mol. The van der Waals surface area contributed by atoms with Gasteiger partial charge in [0.25, 0.3) is 0 Å². The number of carbonyl (C=O) groups excluding carboxylic acids is 2. The summed E-state index contributed by atoms with van der Waals surface area (Å²) in [6, 6.07) is 3.51. The summed E-state index contributed by atoms with van der Waals surface area (Å²) in [5, 5.41) is 4.59. The first-order valence-corrected chi connectivity index (χ1v) is 5.27. The Morgan fingerprint density at radius 2 is 2.21 bits per heavy atom. The molecule has 1 N–H and O–H groups in total. The third-order valence-corrected chi connectivity index (χ3v) is 2.75. The van der Waals surface area contributed by atoms with Gasteiger partial charge in [-0.05, 0) is 18.4 Å². The maximum Gasteiger partial charge on any atom is 0.217 e. The first-order valence-electron chi connectivity index (χ1n) is 4.39. The van der Waals surface area contributed by atoms with Crippen molar-refractivity contribution in [2.24, 2.45) is 0 Å². The van der Waals surface area contributed by atoms with Crippen LogP contribution in [0.4, 0.5) is 0 Å². The Morgan fingerprint density at radius 1 is 1.50 bits per heavy atom. The van der Waals surface area contributed by atoms with Gasteiger partial charge in [0.05, 0.1) is 6.04 Å².